The molecule has 0 bridgehead atoms. The van der Waals surface area contributed by atoms with Gasteiger partial charge in [-0.05, 0) is 50.2 Å². The van der Waals surface area contributed by atoms with Gasteiger partial charge in [0, 0.05) is 4.90 Å². The van der Waals surface area contributed by atoms with Crippen LogP contribution in [0.3, 0.4) is 0 Å². The van der Waals surface area contributed by atoms with Gasteiger partial charge in [0.05, 0.1) is 0 Å². The van der Waals surface area contributed by atoms with Crippen LogP contribution < -0.4 is 5.32 Å². The Bertz CT molecular complexity index is 277. The summed E-state index contributed by atoms with van der Waals surface area (Å²) >= 11 is 1.98. The molecule has 1 aliphatic heterocycles. The number of rotatable bonds is 4. The highest BCUT2D eigenvalue weighted by molar-refractivity contribution is 7.99. The van der Waals surface area contributed by atoms with Crippen molar-refractivity contribution in [2.45, 2.75) is 18.2 Å². The molecule has 1 heterocycles. The number of nitrogens with one attached hydrogen (secondary N) is 1. The fraction of sp³-hybridized carbons (Fsp3) is 0.500. The van der Waals surface area contributed by atoms with E-state index in [2.05, 4.69) is 36.5 Å². The monoisotopic (exact) mass is 207 g/mol. The number of aryl methyl sites for hydroxylation is 1. The highest BCUT2D eigenvalue weighted by atomic mass is 32.2. The molecule has 76 valence electrons. The smallest absolute Gasteiger partial charge is 0.00721 e. The summed E-state index contributed by atoms with van der Waals surface area (Å²) in [6, 6.07) is 8.82. The van der Waals surface area contributed by atoms with E-state index in [9.17, 15) is 0 Å². The van der Waals surface area contributed by atoms with Gasteiger partial charge in [0.1, 0.15) is 0 Å². The van der Waals surface area contributed by atoms with Crippen molar-refractivity contribution >= 4 is 11.8 Å². The average molecular weight is 207 g/mol. The standard InChI is InChI=1S/C12H17NS/c1-10-2-4-12(5-3-10)14-7-6-11-8-13-9-11/h2-5,11,13H,6-9H2,1H3. The van der Waals surface area contributed by atoms with Crippen LogP contribution in [0.2, 0.25) is 0 Å². The Morgan fingerprint density at radius 3 is 2.57 bits per heavy atom. The third-order valence-corrected chi connectivity index (χ3v) is 3.73. The lowest BCUT2D eigenvalue weighted by molar-refractivity contribution is 0.341. The zero-order chi connectivity index (χ0) is 9.80. The largest absolute Gasteiger partial charge is 0.316 e. The first-order chi connectivity index (χ1) is 6.84. The second-order valence-corrected chi connectivity index (χ2v) is 5.14. The molecule has 0 aromatic heterocycles. The van der Waals surface area contributed by atoms with Crippen molar-refractivity contribution in [3.8, 4) is 0 Å². The summed E-state index contributed by atoms with van der Waals surface area (Å²) in [5, 5.41) is 3.31. The van der Waals surface area contributed by atoms with E-state index < -0.39 is 0 Å². The van der Waals surface area contributed by atoms with Crippen LogP contribution in [0.25, 0.3) is 0 Å². The number of benzene rings is 1. The average Bonchev–Trinajstić information content (AvgIpc) is 2.12. The first-order valence-corrected chi connectivity index (χ1v) is 6.23. The number of hydrogen-bond acceptors (Lipinski definition) is 2. The molecule has 0 atom stereocenters. The van der Waals surface area contributed by atoms with Crippen molar-refractivity contribution in [3.63, 3.8) is 0 Å². The minimum atomic E-state index is 0.938. The summed E-state index contributed by atoms with van der Waals surface area (Å²) in [5.41, 5.74) is 1.34. The molecule has 0 amide bonds. The Balaban J connectivity index is 1.71. The molecular weight excluding hydrogens is 190 g/mol. The van der Waals surface area contributed by atoms with E-state index >= 15 is 0 Å². The topological polar surface area (TPSA) is 12.0 Å². The molecule has 1 N–H and O–H groups in total. The molecule has 0 aliphatic carbocycles. The maximum Gasteiger partial charge on any atom is 0.00721 e. The molecule has 1 aromatic carbocycles. The third-order valence-electron chi connectivity index (χ3n) is 2.68. The van der Waals surface area contributed by atoms with Gasteiger partial charge in [-0.1, -0.05) is 17.7 Å². The summed E-state index contributed by atoms with van der Waals surface area (Å²) < 4.78 is 0. The lowest BCUT2D eigenvalue weighted by Crippen LogP contribution is -2.42. The number of thioether (sulfide) groups is 1. The van der Waals surface area contributed by atoms with Crippen LogP contribution in [0.4, 0.5) is 0 Å². The van der Waals surface area contributed by atoms with E-state index in [-0.39, 0.29) is 0 Å². The van der Waals surface area contributed by atoms with Gasteiger partial charge in [0.2, 0.25) is 0 Å². The van der Waals surface area contributed by atoms with E-state index in [0.717, 1.165) is 5.92 Å². The molecule has 0 radical (unpaired) electrons. The first-order valence-electron chi connectivity index (χ1n) is 5.25. The van der Waals surface area contributed by atoms with Gasteiger partial charge >= 0.3 is 0 Å². The maximum absolute atomic E-state index is 3.31. The lowest BCUT2D eigenvalue weighted by Gasteiger charge is -2.26. The van der Waals surface area contributed by atoms with Crippen molar-refractivity contribution in [1.29, 1.82) is 0 Å². The van der Waals surface area contributed by atoms with Crippen LogP contribution in [0.15, 0.2) is 29.2 Å². The first kappa shape index (κ1) is 10.1. The molecular formula is C12H17NS. The predicted octanol–water partition coefficient (Wildman–Crippen LogP) is 2.70. The molecule has 1 aliphatic rings. The Labute approximate surface area is 90.3 Å². The Morgan fingerprint density at radius 1 is 1.29 bits per heavy atom. The summed E-state index contributed by atoms with van der Waals surface area (Å²) in [6.07, 6.45) is 1.35. The van der Waals surface area contributed by atoms with E-state index in [1.165, 1.54) is 35.7 Å². The molecule has 1 nitrogen and oxygen atoms in total. The lowest BCUT2D eigenvalue weighted by atomic mass is 10.0. The van der Waals surface area contributed by atoms with Crippen molar-refractivity contribution in [2.75, 3.05) is 18.8 Å². The van der Waals surface area contributed by atoms with Gasteiger partial charge in [-0.2, -0.15) is 0 Å². The van der Waals surface area contributed by atoms with Crippen molar-refractivity contribution < 1.29 is 0 Å². The fourth-order valence-corrected chi connectivity index (χ4v) is 2.55. The Morgan fingerprint density at radius 2 is 2.00 bits per heavy atom. The quantitative estimate of drug-likeness (QED) is 0.762. The van der Waals surface area contributed by atoms with Gasteiger partial charge < -0.3 is 5.32 Å². The molecule has 1 aromatic rings. The van der Waals surface area contributed by atoms with Crippen LogP contribution in [-0.2, 0) is 0 Å². The van der Waals surface area contributed by atoms with Gasteiger partial charge in [0.25, 0.3) is 0 Å². The van der Waals surface area contributed by atoms with E-state index in [0.29, 0.717) is 0 Å². The minimum Gasteiger partial charge on any atom is -0.316 e. The van der Waals surface area contributed by atoms with Crippen molar-refractivity contribution in [3.05, 3.63) is 29.8 Å². The predicted molar refractivity (Wildman–Crippen MR) is 62.9 cm³/mol. The second kappa shape index (κ2) is 4.85. The van der Waals surface area contributed by atoms with E-state index in [1.807, 2.05) is 11.8 Å². The Hall–Kier alpha value is -0.470. The highest BCUT2D eigenvalue weighted by Crippen LogP contribution is 2.21. The van der Waals surface area contributed by atoms with E-state index in [4.69, 9.17) is 0 Å². The van der Waals surface area contributed by atoms with E-state index in [1.54, 1.807) is 0 Å². The summed E-state index contributed by atoms with van der Waals surface area (Å²) in [5.74, 6) is 2.20. The van der Waals surface area contributed by atoms with Gasteiger partial charge in [-0.3, -0.25) is 0 Å². The summed E-state index contributed by atoms with van der Waals surface area (Å²) in [7, 11) is 0. The van der Waals surface area contributed by atoms with Crippen LogP contribution in [0.1, 0.15) is 12.0 Å². The zero-order valence-corrected chi connectivity index (χ0v) is 9.44. The van der Waals surface area contributed by atoms with Crippen LogP contribution in [-0.4, -0.2) is 18.8 Å². The molecule has 1 saturated heterocycles. The minimum absolute atomic E-state index is 0.938. The maximum atomic E-state index is 3.31. The van der Waals surface area contributed by atoms with Crippen LogP contribution >= 0.6 is 11.8 Å². The van der Waals surface area contributed by atoms with Crippen LogP contribution in [0, 0.1) is 12.8 Å². The zero-order valence-electron chi connectivity index (χ0n) is 8.62. The van der Waals surface area contributed by atoms with Gasteiger partial charge in [0.15, 0.2) is 0 Å². The fourth-order valence-electron chi connectivity index (χ4n) is 1.53. The molecule has 0 saturated carbocycles. The van der Waals surface area contributed by atoms with Crippen LogP contribution in [0.5, 0.6) is 0 Å². The number of hydrogen-bond donors (Lipinski definition) is 1. The van der Waals surface area contributed by atoms with Gasteiger partial charge in [-0.15, -0.1) is 11.8 Å². The normalized spacial score (nSPS) is 16.6. The molecule has 0 spiro atoms. The molecule has 2 rings (SSSR count). The molecule has 14 heavy (non-hydrogen) atoms. The van der Waals surface area contributed by atoms with Crippen molar-refractivity contribution in [2.24, 2.45) is 5.92 Å². The van der Waals surface area contributed by atoms with Gasteiger partial charge in [-0.25, -0.2) is 0 Å². The summed E-state index contributed by atoms with van der Waals surface area (Å²) in [6.45, 7) is 4.59. The SMILES string of the molecule is Cc1ccc(SCCC2CNC2)cc1. The summed E-state index contributed by atoms with van der Waals surface area (Å²) in [4.78, 5) is 1.41. The third kappa shape index (κ3) is 2.76. The van der Waals surface area contributed by atoms with Crippen molar-refractivity contribution in [1.82, 2.24) is 5.32 Å². The highest BCUT2D eigenvalue weighted by Gasteiger charge is 2.15. The second-order valence-electron chi connectivity index (χ2n) is 3.97. The molecule has 1 fully saturated rings. The Kier molecular flexibility index (Phi) is 3.49. The molecule has 2 heteroatoms. The molecule has 0 unspecified atom stereocenters.